The topological polar surface area (TPSA) is 64.0 Å². The quantitative estimate of drug-likeness (QED) is 0.664. The molecule has 4 rings (SSSR count). The standard InChI is InChI=1S/C20H18F3N3O2S/c21-20(22,23)15-8-2-4-10-18(15)29(27,28)25-16-9-3-1-7-14(16)17-13-26-12-6-5-11-19(26)24-17/h1-4,7-10,13,25H,5-6,11-12H2. The van der Waals surface area contributed by atoms with Gasteiger partial charge in [0.25, 0.3) is 10.0 Å². The minimum absolute atomic E-state index is 0.180. The van der Waals surface area contributed by atoms with Crippen LogP contribution < -0.4 is 4.72 Å². The zero-order valence-electron chi connectivity index (χ0n) is 15.3. The first-order chi connectivity index (χ1) is 13.8. The molecule has 0 saturated heterocycles. The molecule has 0 amide bonds. The van der Waals surface area contributed by atoms with Gasteiger partial charge in [0.2, 0.25) is 0 Å². The first kappa shape index (κ1) is 19.5. The van der Waals surface area contributed by atoms with Crippen molar-refractivity contribution in [2.45, 2.75) is 36.9 Å². The summed E-state index contributed by atoms with van der Waals surface area (Å²) < 4.78 is 69.8. The van der Waals surface area contributed by atoms with Crippen molar-refractivity contribution in [3.8, 4) is 11.3 Å². The predicted octanol–water partition coefficient (Wildman–Crippen LogP) is 4.71. The molecule has 1 aliphatic rings. The average Bonchev–Trinajstić information content (AvgIpc) is 3.11. The molecule has 0 radical (unpaired) electrons. The highest BCUT2D eigenvalue weighted by atomic mass is 32.2. The lowest BCUT2D eigenvalue weighted by Crippen LogP contribution is -2.19. The summed E-state index contributed by atoms with van der Waals surface area (Å²) in [5.74, 6) is 0.923. The molecule has 0 saturated carbocycles. The molecular weight excluding hydrogens is 403 g/mol. The van der Waals surface area contributed by atoms with E-state index < -0.39 is 26.7 Å². The molecule has 1 N–H and O–H groups in total. The van der Waals surface area contributed by atoms with E-state index in [0.717, 1.165) is 49.8 Å². The van der Waals surface area contributed by atoms with Crippen molar-refractivity contribution in [3.05, 3.63) is 66.1 Å². The zero-order valence-corrected chi connectivity index (χ0v) is 16.1. The Kier molecular flexibility index (Phi) is 4.85. The Labute approximate surface area is 166 Å². The van der Waals surface area contributed by atoms with Gasteiger partial charge in [0.05, 0.1) is 21.8 Å². The van der Waals surface area contributed by atoms with E-state index in [2.05, 4.69) is 9.71 Å². The fourth-order valence-corrected chi connectivity index (χ4v) is 4.78. The second-order valence-corrected chi connectivity index (χ2v) is 8.49. The Morgan fingerprint density at radius 3 is 2.48 bits per heavy atom. The SMILES string of the molecule is O=S(=O)(Nc1ccccc1-c1cn2c(n1)CCCC2)c1ccccc1C(F)(F)F. The van der Waals surface area contributed by atoms with Crippen LogP contribution in [0.15, 0.2) is 59.6 Å². The lowest BCUT2D eigenvalue weighted by molar-refractivity contribution is -0.139. The number of imidazole rings is 1. The van der Waals surface area contributed by atoms with Gasteiger partial charge in [0.1, 0.15) is 5.82 Å². The van der Waals surface area contributed by atoms with Gasteiger partial charge in [0, 0.05) is 24.7 Å². The lowest BCUT2D eigenvalue weighted by Gasteiger charge is -2.15. The third-order valence-corrected chi connectivity index (χ3v) is 6.26. The maximum atomic E-state index is 13.3. The number of aromatic nitrogens is 2. The summed E-state index contributed by atoms with van der Waals surface area (Å²) in [5.41, 5.74) is 0.0779. The molecule has 5 nitrogen and oxygen atoms in total. The maximum absolute atomic E-state index is 13.3. The molecule has 0 atom stereocenters. The van der Waals surface area contributed by atoms with Gasteiger partial charge in [-0.05, 0) is 31.0 Å². The van der Waals surface area contributed by atoms with Crippen LogP contribution in [0, 0.1) is 0 Å². The molecule has 1 aliphatic heterocycles. The van der Waals surface area contributed by atoms with Crippen molar-refractivity contribution < 1.29 is 21.6 Å². The average molecular weight is 421 g/mol. The zero-order chi connectivity index (χ0) is 20.6. The number of nitrogens with one attached hydrogen (secondary N) is 1. The molecule has 0 aliphatic carbocycles. The van der Waals surface area contributed by atoms with Crippen LogP contribution in [0.4, 0.5) is 18.9 Å². The van der Waals surface area contributed by atoms with Gasteiger partial charge in [-0.25, -0.2) is 13.4 Å². The molecule has 2 aromatic carbocycles. The number of fused-ring (bicyclic) bond motifs is 1. The van der Waals surface area contributed by atoms with Gasteiger partial charge in [0.15, 0.2) is 0 Å². The van der Waals surface area contributed by atoms with Crippen molar-refractivity contribution >= 4 is 15.7 Å². The summed E-state index contributed by atoms with van der Waals surface area (Å²) in [5, 5.41) is 0. The van der Waals surface area contributed by atoms with Gasteiger partial charge in [-0.3, -0.25) is 4.72 Å². The fourth-order valence-electron chi connectivity index (χ4n) is 3.47. The Hall–Kier alpha value is -2.81. The van der Waals surface area contributed by atoms with Crippen molar-refractivity contribution in [2.75, 3.05) is 4.72 Å². The summed E-state index contributed by atoms with van der Waals surface area (Å²) in [7, 11) is -4.46. The minimum atomic E-state index is -4.78. The number of hydrogen-bond acceptors (Lipinski definition) is 3. The molecule has 0 unspecified atom stereocenters. The van der Waals surface area contributed by atoms with Crippen LogP contribution in [-0.4, -0.2) is 18.0 Å². The molecule has 0 fully saturated rings. The number of sulfonamides is 1. The fraction of sp³-hybridized carbons (Fsp3) is 0.250. The van der Waals surface area contributed by atoms with Crippen molar-refractivity contribution in [3.63, 3.8) is 0 Å². The first-order valence-electron chi connectivity index (χ1n) is 9.10. The summed E-state index contributed by atoms with van der Waals surface area (Å²) in [6.07, 6.45) is -0.00378. The van der Waals surface area contributed by atoms with Crippen LogP contribution in [0.5, 0.6) is 0 Å². The molecule has 0 bridgehead atoms. The van der Waals surface area contributed by atoms with E-state index in [1.807, 2.05) is 10.8 Å². The maximum Gasteiger partial charge on any atom is 0.417 e. The Morgan fingerprint density at radius 1 is 1.00 bits per heavy atom. The third kappa shape index (κ3) is 3.87. The van der Waals surface area contributed by atoms with E-state index >= 15 is 0 Å². The van der Waals surface area contributed by atoms with E-state index in [-0.39, 0.29) is 5.69 Å². The molecule has 9 heteroatoms. The first-order valence-corrected chi connectivity index (χ1v) is 10.6. The smallest absolute Gasteiger partial charge is 0.334 e. The summed E-state index contributed by atoms with van der Waals surface area (Å²) in [4.78, 5) is 3.78. The number of hydrogen-bond donors (Lipinski definition) is 1. The molecule has 29 heavy (non-hydrogen) atoms. The number of aryl methyl sites for hydroxylation is 2. The lowest BCUT2D eigenvalue weighted by atomic mass is 10.1. The Balaban J connectivity index is 1.74. The molecule has 152 valence electrons. The largest absolute Gasteiger partial charge is 0.417 e. The summed E-state index contributed by atoms with van der Waals surface area (Å²) in [6, 6.07) is 10.7. The summed E-state index contributed by atoms with van der Waals surface area (Å²) in [6.45, 7) is 0.842. The number of anilines is 1. The second kappa shape index (κ2) is 7.22. The number of nitrogens with zero attached hydrogens (tertiary/aromatic N) is 2. The van der Waals surface area contributed by atoms with Gasteiger partial charge in [-0.1, -0.05) is 30.3 Å². The predicted molar refractivity (Wildman–Crippen MR) is 103 cm³/mol. The number of benzene rings is 2. The number of para-hydroxylation sites is 1. The highest BCUT2D eigenvalue weighted by molar-refractivity contribution is 7.92. The molecule has 0 spiro atoms. The van der Waals surface area contributed by atoms with Gasteiger partial charge < -0.3 is 4.57 Å². The number of rotatable bonds is 4. The van der Waals surface area contributed by atoms with Crippen LogP contribution in [0.25, 0.3) is 11.3 Å². The van der Waals surface area contributed by atoms with Crippen LogP contribution in [-0.2, 0) is 29.2 Å². The van der Waals surface area contributed by atoms with Crippen molar-refractivity contribution in [2.24, 2.45) is 0 Å². The van der Waals surface area contributed by atoms with Crippen molar-refractivity contribution in [1.29, 1.82) is 0 Å². The Bertz CT molecular complexity index is 1130. The van der Waals surface area contributed by atoms with Gasteiger partial charge in [-0.15, -0.1) is 0 Å². The minimum Gasteiger partial charge on any atom is -0.334 e. The normalized spacial score (nSPS) is 14.4. The highest BCUT2D eigenvalue weighted by Crippen LogP contribution is 2.36. The molecule has 1 aromatic heterocycles. The van der Waals surface area contributed by atoms with Gasteiger partial charge >= 0.3 is 6.18 Å². The van der Waals surface area contributed by atoms with Crippen molar-refractivity contribution in [1.82, 2.24) is 9.55 Å². The van der Waals surface area contributed by atoms with E-state index in [1.54, 1.807) is 18.2 Å². The van der Waals surface area contributed by atoms with E-state index in [9.17, 15) is 21.6 Å². The molecule has 2 heterocycles. The van der Waals surface area contributed by atoms with Crippen LogP contribution >= 0.6 is 0 Å². The van der Waals surface area contributed by atoms with E-state index in [1.165, 1.54) is 12.1 Å². The van der Waals surface area contributed by atoms with Gasteiger partial charge in [-0.2, -0.15) is 13.2 Å². The van der Waals surface area contributed by atoms with E-state index in [0.29, 0.717) is 11.3 Å². The summed E-state index contributed by atoms with van der Waals surface area (Å²) >= 11 is 0. The van der Waals surface area contributed by atoms with Crippen LogP contribution in [0.2, 0.25) is 0 Å². The highest BCUT2D eigenvalue weighted by Gasteiger charge is 2.37. The molecule has 3 aromatic rings. The monoisotopic (exact) mass is 421 g/mol. The van der Waals surface area contributed by atoms with Crippen LogP contribution in [0.3, 0.4) is 0 Å². The van der Waals surface area contributed by atoms with Crippen LogP contribution in [0.1, 0.15) is 24.2 Å². The second-order valence-electron chi connectivity index (χ2n) is 6.84. The van der Waals surface area contributed by atoms with E-state index in [4.69, 9.17) is 0 Å². The number of halogens is 3. The molecular formula is C20H18F3N3O2S. The number of alkyl halides is 3. The Morgan fingerprint density at radius 2 is 1.72 bits per heavy atom. The third-order valence-electron chi connectivity index (χ3n) is 4.84.